The second kappa shape index (κ2) is 2.98. The molecule has 72 valence electrons. The summed E-state index contributed by atoms with van der Waals surface area (Å²) in [5, 5.41) is 10.8. The van der Waals surface area contributed by atoms with Crippen LogP contribution >= 0.6 is 0 Å². The number of aromatic hydroxyl groups is 1. The molecule has 0 aliphatic carbocycles. The van der Waals surface area contributed by atoms with Gasteiger partial charge in [-0.1, -0.05) is 0 Å². The molecule has 0 radical (unpaired) electrons. The number of nitrogens with zero attached hydrogens (tertiary/aromatic N) is 1. The Balaban J connectivity index is 2.94. The molecule has 0 bridgehead atoms. The molecule has 0 fully saturated rings. The van der Waals surface area contributed by atoms with Crippen molar-refractivity contribution in [3.8, 4) is 5.75 Å². The molecular formula is C12H13NO. The van der Waals surface area contributed by atoms with Crippen molar-refractivity contribution in [1.82, 2.24) is 4.98 Å². The quantitative estimate of drug-likeness (QED) is 0.688. The zero-order valence-electron chi connectivity index (χ0n) is 8.63. The molecule has 0 atom stereocenters. The SMILES string of the molecule is Cc1cc(O)c2nc(C)cc(C)c2c1. The Bertz CT molecular complexity index is 456. The minimum atomic E-state index is 0.270. The molecule has 1 aromatic carbocycles. The average molecular weight is 187 g/mol. The van der Waals surface area contributed by atoms with Crippen LogP contribution < -0.4 is 0 Å². The molecule has 14 heavy (non-hydrogen) atoms. The molecule has 2 aromatic rings. The Morgan fingerprint density at radius 2 is 1.79 bits per heavy atom. The Labute approximate surface area is 83.2 Å². The first-order valence-corrected chi connectivity index (χ1v) is 4.65. The van der Waals surface area contributed by atoms with E-state index in [1.807, 2.05) is 26.8 Å². The molecule has 0 saturated heterocycles. The first kappa shape index (κ1) is 9.00. The summed E-state index contributed by atoms with van der Waals surface area (Å²) < 4.78 is 0. The second-order valence-electron chi connectivity index (χ2n) is 3.76. The van der Waals surface area contributed by atoms with Gasteiger partial charge in [-0.15, -0.1) is 0 Å². The van der Waals surface area contributed by atoms with E-state index in [9.17, 15) is 5.11 Å². The zero-order valence-corrected chi connectivity index (χ0v) is 8.63. The molecule has 0 amide bonds. The van der Waals surface area contributed by atoms with E-state index in [2.05, 4.69) is 11.1 Å². The van der Waals surface area contributed by atoms with E-state index in [0.717, 1.165) is 22.2 Å². The third-order valence-corrected chi connectivity index (χ3v) is 2.37. The number of pyridine rings is 1. The van der Waals surface area contributed by atoms with Gasteiger partial charge in [-0.2, -0.15) is 0 Å². The lowest BCUT2D eigenvalue weighted by Gasteiger charge is -2.06. The predicted octanol–water partition coefficient (Wildman–Crippen LogP) is 2.87. The summed E-state index contributed by atoms with van der Waals surface area (Å²) in [4.78, 5) is 4.33. The van der Waals surface area contributed by atoms with Crippen molar-refractivity contribution in [2.75, 3.05) is 0 Å². The van der Waals surface area contributed by atoms with Gasteiger partial charge in [0.1, 0.15) is 11.3 Å². The van der Waals surface area contributed by atoms with E-state index < -0.39 is 0 Å². The molecule has 2 nitrogen and oxygen atoms in total. The number of benzene rings is 1. The molecule has 0 aliphatic rings. The fraction of sp³-hybridized carbons (Fsp3) is 0.250. The maximum absolute atomic E-state index is 9.74. The maximum atomic E-state index is 9.74. The third kappa shape index (κ3) is 1.33. The number of fused-ring (bicyclic) bond motifs is 1. The zero-order chi connectivity index (χ0) is 10.3. The lowest BCUT2D eigenvalue weighted by Crippen LogP contribution is -1.88. The van der Waals surface area contributed by atoms with Crippen molar-refractivity contribution in [2.45, 2.75) is 20.8 Å². The highest BCUT2D eigenvalue weighted by atomic mass is 16.3. The molecule has 1 heterocycles. The Hall–Kier alpha value is -1.57. The van der Waals surface area contributed by atoms with Crippen molar-refractivity contribution in [3.05, 3.63) is 35.0 Å². The summed E-state index contributed by atoms with van der Waals surface area (Å²) in [7, 11) is 0. The van der Waals surface area contributed by atoms with Crippen LogP contribution in [0.2, 0.25) is 0 Å². The van der Waals surface area contributed by atoms with Crippen LogP contribution in [0.25, 0.3) is 10.9 Å². The summed E-state index contributed by atoms with van der Waals surface area (Å²) in [5.41, 5.74) is 3.86. The molecular weight excluding hydrogens is 174 g/mol. The molecule has 0 aliphatic heterocycles. The molecule has 0 spiro atoms. The molecule has 0 saturated carbocycles. The highest BCUT2D eigenvalue weighted by Crippen LogP contribution is 2.27. The number of aromatic nitrogens is 1. The minimum absolute atomic E-state index is 0.270. The predicted molar refractivity (Wildman–Crippen MR) is 57.6 cm³/mol. The van der Waals surface area contributed by atoms with E-state index in [1.165, 1.54) is 0 Å². The highest BCUT2D eigenvalue weighted by Gasteiger charge is 2.05. The van der Waals surface area contributed by atoms with Crippen LogP contribution in [0.5, 0.6) is 5.75 Å². The van der Waals surface area contributed by atoms with Gasteiger partial charge < -0.3 is 5.11 Å². The molecule has 0 unspecified atom stereocenters. The summed E-state index contributed by atoms with van der Waals surface area (Å²) in [5.74, 6) is 0.270. The van der Waals surface area contributed by atoms with Crippen molar-refractivity contribution in [1.29, 1.82) is 0 Å². The summed E-state index contributed by atoms with van der Waals surface area (Å²) in [6.07, 6.45) is 0. The van der Waals surface area contributed by atoms with Gasteiger partial charge in [0.2, 0.25) is 0 Å². The van der Waals surface area contributed by atoms with Crippen molar-refractivity contribution >= 4 is 10.9 Å². The van der Waals surface area contributed by atoms with Gasteiger partial charge in [0.25, 0.3) is 0 Å². The number of aryl methyl sites for hydroxylation is 3. The number of hydrogen-bond acceptors (Lipinski definition) is 2. The first-order chi connectivity index (χ1) is 6.58. The number of phenols is 1. The van der Waals surface area contributed by atoms with Crippen molar-refractivity contribution < 1.29 is 5.11 Å². The molecule has 2 rings (SSSR count). The lowest BCUT2D eigenvalue weighted by molar-refractivity contribution is 0.480. The Morgan fingerprint density at radius 3 is 2.50 bits per heavy atom. The van der Waals surface area contributed by atoms with E-state index in [1.54, 1.807) is 6.07 Å². The van der Waals surface area contributed by atoms with Gasteiger partial charge in [-0.3, -0.25) is 0 Å². The van der Waals surface area contributed by atoms with Gasteiger partial charge in [0, 0.05) is 11.1 Å². The van der Waals surface area contributed by atoms with E-state index in [0.29, 0.717) is 5.52 Å². The topological polar surface area (TPSA) is 33.1 Å². The Morgan fingerprint density at radius 1 is 1.07 bits per heavy atom. The largest absolute Gasteiger partial charge is 0.506 e. The van der Waals surface area contributed by atoms with Crippen LogP contribution in [-0.4, -0.2) is 10.1 Å². The van der Waals surface area contributed by atoms with Crippen LogP contribution in [0.15, 0.2) is 18.2 Å². The standard InChI is InChI=1S/C12H13NO/c1-7-4-10-8(2)6-9(3)13-12(10)11(14)5-7/h4-6,14H,1-3H3. The summed E-state index contributed by atoms with van der Waals surface area (Å²) in [6.45, 7) is 5.94. The van der Waals surface area contributed by atoms with Crippen LogP contribution in [0.4, 0.5) is 0 Å². The van der Waals surface area contributed by atoms with Crippen molar-refractivity contribution in [2.24, 2.45) is 0 Å². The van der Waals surface area contributed by atoms with Gasteiger partial charge in [-0.05, 0) is 50.1 Å². The summed E-state index contributed by atoms with van der Waals surface area (Å²) >= 11 is 0. The van der Waals surface area contributed by atoms with Crippen LogP contribution in [-0.2, 0) is 0 Å². The number of phenolic OH excluding ortho intramolecular Hbond substituents is 1. The Kier molecular flexibility index (Phi) is 1.92. The van der Waals surface area contributed by atoms with E-state index >= 15 is 0 Å². The van der Waals surface area contributed by atoms with Crippen LogP contribution in [0, 0.1) is 20.8 Å². The smallest absolute Gasteiger partial charge is 0.142 e. The minimum Gasteiger partial charge on any atom is -0.506 e. The van der Waals surface area contributed by atoms with Gasteiger partial charge >= 0.3 is 0 Å². The summed E-state index contributed by atoms with van der Waals surface area (Å²) in [6, 6.07) is 5.83. The van der Waals surface area contributed by atoms with Crippen LogP contribution in [0.1, 0.15) is 16.8 Å². The number of hydrogen-bond donors (Lipinski definition) is 1. The average Bonchev–Trinajstić information content (AvgIpc) is 2.07. The maximum Gasteiger partial charge on any atom is 0.142 e. The molecule has 1 aromatic heterocycles. The van der Waals surface area contributed by atoms with Crippen LogP contribution in [0.3, 0.4) is 0 Å². The third-order valence-electron chi connectivity index (χ3n) is 2.37. The highest BCUT2D eigenvalue weighted by molar-refractivity contribution is 5.87. The van der Waals surface area contributed by atoms with E-state index in [4.69, 9.17) is 0 Å². The monoisotopic (exact) mass is 187 g/mol. The first-order valence-electron chi connectivity index (χ1n) is 4.65. The fourth-order valence-electron chi connectivity index (χ4n) is 1.78. The number of rotatable bonds is 0. The molecule has 2 heteroatoms. The van der Waals surface area contributed by atoms with Gasteiger partial charge in [0.05, 0.1) is 0 Å². The second-order valence-corrected chi connectivity index (χ2v) is 3.76. The van der Waals surface area contributed by atoms with Gasteiger partial charge in [0.15, 0.2) is 0 Å². The normalized spacial score (nSPS) is 10.8. The fourth-order valence-corrected chi connectivity index (χ4v) is 1.78. The molecule has 1 N–H and O–H groups in total. The van der Waals surface area contributed by atoms with Gasteiger partial charge in [-0.25, -0.2) is 4.98 Å². The van der Waals surface area contributed by atoms with E-state index in [-0.39, 0.29) is 5.75 Å². The lowest BCUT2D eigenvalue weighted by atomic mass is 10.1. The van der Waals surface area contributed by atoms with Crippen molar-refractivity contribution in [3.63, 3.8) is 0 Å².